The van der Waals surface area contributed by atoms with Gasteiger partial charge in [-0.1, -0.05) is 54.6 Å². The zero-order chi connectivity index (χ0) is 26.1. The topological polar surface area (TPSA) is 106 Å². The van der Waals surface area contributed by atoms with Crippen molar-refractivity contribution in [1.82, 2.24) is 4.90 Å². The zero-order valence-corrected chi connectivity index (χ0v) is 20.1. The first-order valence-corrected chi connectivity index (χ1v) is 11.5. The number of esters is 1. The Balaban J connectivity index is 1.60. The van der Waals surface area contributed by atoms with Gasteiger partial charge < -0.3 is 23.9 Å². The first kappa shape index (κ1) is 23.9. The number of methoxy groups -OCH3 is 2. The number of aliphatic hydroxyl groups is 1. The minimum absolute atomic E-state index is 0.0356. The number of ketones is 1. The molecule has 3 aromatic carbocycles. The number of aliphatic hydroxyl groups excluding tert-OH is 1. The van der Waals surface area contributed by atoms with Crippen molar-refractivity contribution in [3.8, 4) is 5.75 Å². The van der Waals surface area contributed by atoms with E-state index in [1.807, 2.05) is 30.3 Å². The Morgan fingerprint density at radius 3 is 2.38 bits per heavy atom. The summed E-state index contributed by atoms with van der Waals surface area (Å²) < 4.78 is 15.9. The van der Waals surface area contributed by atoms with Gasteiger partial charge in [-0.25, -0.2) is 4.79 Å². The molecule has 1 aliphatic heterocycles. The molecule has 5 rings (SSSR count). The lowest BCUT2D eigenvalue weighted by Gasteiger charge is -2.27. The molecule has 1 aliphatic rings. The lowest BCUT2D eigenvalue weighted by atomic mass is 9.94. The number of para-hydroxylation sites is 1. The van der Waals surface area contributed by atoms with Gasteiger partial charge in [0.05, 0.1) is 31.4 Å². The monoisotopic (exact) mass is 497 g/mol. The summed E-state index contributed by atoms with van der Waals surface area (Å²) in [5.74, 6) is -2.04. The number of amides is 1. The fraction of sp³-hybridized carbons (Fsp3) is 0.138. The third-order valence-electron chi connectivity index (χ3n) is 6.34. The van der Waals surface area contributed by atoms with Crippen LogP contribution < -0.4 is 4.74 Å². The molecule has 0 bridgehead atoms. The van der Waals surface area contributed by atoms with Crippen LogP contribution in [0.4, 0.5) is 0 Å². The molecular weight excluding hydrogens is 474 g/mol. The summed E-state index contributed by atoms with van der Waals surface area (Å²) in [6.45, 7) is 0.151. The summed E-state index contributed by atoms with van der Waals surface area (Å²) in [6, 6.07) is 21.5. The number of carbonyl (C=O) groups excluding carboxylic acids is 3. The summed E-state index contributed by atoms with van der Waals surface area (Å²) in [5, 5.41) is 11.6. The van der Waals surface area contributed by atoms with Crippen LogP contribution in [-0.4, -0.2) is 41.9 Å². The molecule has 1 atom stereocenters. The van der Waals surface area contributed by atoms with Crippen LogP contribution in [0, 0.1) is 0 Å². The molecule has 0 spiro atoms. The van der Waals surface area contributed by atoms with Gasteiger partial charge in [0.2, 0.25) is 5.78 Å². The predicted octanol–water partition coefficient (Wildman–Crippen LogP) is 5.01. The van der Waals surface area contributed by atoms with E-state index in [4.69, 9.17) is 13.9 Å². The fourth-order valence-corrected chi connectivity index (χ4v) is 4.54. The Bertz CT molecular complexity index is 1530. The Hall–Kier alpha value is -4.85. The van der Waals surface area contributed by atoms with Gasteiger partial charge in [-0.05, 0) is 35.4 Å². The average molecular weight is 498 g/mol. The molecular formula is C29H23NO7. The SMILES string of the molecule is COC(=O)c1ccc(C2C(C(=O)c3cc4cccc(OC)c4o3)=C(O)C(=O)N2Cc2ccccc2)cc1. The van der Waals surface area contributed by atoms with E-state index in [1.165, 1.54) is 19.1 Å². The maximum atomic E-state index is 13.8. The van der Waals surface area contributed by atoms with E-state index in [0.717, 1.165) is 5.56 Å². The molecule has 0 aliphatic carbocycles. The highest BCUT2D eigenvalue weighted by Gasteiger charge is 2.44. The van der Waals surface area contributed by atoms with E-state index in [0.29, 0.717) is 27.8 Å². The predicted molar refractivity (Wildman–Crippen MR) is 134 cm³/mol. The lowest BCUT2D eigenvalue weighted by Crippen LogP contribution is -2.30. The van der Waals surface area contributed by atoms with Gasteiger partial charge in [-0.15, -0.1) is 0 Å². The number of furan rings is 1. The van der Waals surface area contributed by atoms with Crippen LogP contribution in [0.15, 0.2) is 94.6 Å². The smallest absolute Gasteiger partial charge is 0.337 e. The Morgan fingerprint density at radius 2 is 1.70 bits per heavy atom. The highest BCUT2D eigenvalue weighted by molar-refractivity contribution is 6.16. The number of hydrogen-bond acceptors (Lipinski definition) is 7. The molecule has 1 unspecified atom stereocenters. The minimum atomic E-state index is -0.915. The molecule has 0 saturated carbocycles. The molecule has 2 heterocycles. The van der Waals surface area contributed by atoms with E-state index in [9.17, 15) is 19.5 Å². The van der Waals surface area contributed by atoms with Gasteiger partial charge in [0.15, 0.2) is 22.9 Å². The van der Waals surface area contributed by atoms with Gasteiger partial charge >= 0.3 is 5.97 Å². The fourth-order valence-electron chi connectivity index (χ4n) is 4.54. The van der Waals surface area contributed by atoms with Gasteiger partial charge in [0.25, 0.3) is 5.91 Å². The van der Waals surface area contributed by atoms with Crippen molar-refractivity contribution in [2.45, 2.75) is 12.6 Å². The van der Waals surface area contributed by atoms with Crippen LogP contribution in [0.1, 0.15) is 38.1 Å². The van der Waals surface area contributed by atoms with E-state index in [1.54, 1.807) is 48.5 Å². The van der Waals surface area contributed by atoms with Crippen molar-refractivity contribution >= 4 is 28.6 Å². The van der Waals surface area contributed by atoms with Crippen LogP contribution in [0.5, 0.6) is 5.75 Å². The number of fused-ring (bicyclic) bond motifs is 1. The van der Waals surface area contributed by atoms with Gasteiger partial charge in [0.1, 0.15) is 0 Å². The minimum Gasteiger partial charge on any atom is -0.503 e. The highest BCUT2D eigenvalue weighted by atomic mass is 16.5. The van der Waals surface area contributed by atoms with Crippen LogP contribution in [0.25, 0.3) is 11.0 Å². The van der Waals surface area contributed by atoms with Crippen molar-refractivity contribution < 1.29 is 33.4 Å². The van der Waals surface area contributed by atoms with Crippen molar-refractivity contribution in [3.05, 3.63) is 113 Å². The molecule has 186 valence electrons. The highest BCUT2D eigenvalue weighted by Crippen LogP contribution is 2.41. The summed E-state index contributed by atoms with van der Waals surface area (Å²) in [5.41, 5.74) is 1.96. The zero-order valence-electron chi connectivity index (χ0n) is 20.1. The Morgan fingerprint density at radius 1 is 0.973 bits per heavy atom. The second-order valence-electron chi connectivity index (χ2n) is 8.52. The molecule has 1 amide bonds. The van der Waals surface area contributed by atoms with Crippen molar-refractivity contribution in [2.75, 3.05) is 14.2 Å². The number of benzene rings is 3. The number of rotatable bonds is 7. The third kappa shape index (κ3) is 4.23. The van der Waals surface area contributed by atoms with E-state index < -0.39 is 29.5 Å². The van der Waals surface area contributed by atoms with Crippen molar-refractivity contribution in [2.24, 2.45) is 0 Å². The molecule has 0 saturated heterocycles. The maximum absolute atomic E-state index is 13.8. The van der Waals surface area contributed by atoms with Crippen LogP contribution >= 0.6 is 0 Å². The first-order valence-electron chi connectivity index (χ1n) is 11.5. The Kier molecular flexibility index (Phi) is 6.23. The maximum Gasteiger partial charge on any atom is 0.337 e. The quantitative estimate of drug-likeness (QED) is 0.283. The normalized spacial score (nSPS) is 15.4. The number of carbonyl (C=O) groups is 3. The van der Waals surface area contributed by atoms with Gasteiger partial charge in [-0.2, -0.15) is 0 Å². The summed E-state index contributed by atoms with van der Waals surface area (Å²) in [6.07, 6.45) is 0. The van der Waals surface area contributed by atoms with Gasteiger partial charge in [0, 0.05) is 11.9 Å². The van der Waals surface area contributed by atoms with Gasteiger partial charge in [-0.3, -0.25) is 9.59 Å². The molecule has 1 N–H and O–H groups in total. The second kappa shape index (κ2) is 9.66. The summed E-state index contributed by atoms with van der Waals surface area (Å²) in [4.78, 5) is 40.4. The van der Waals surface area contributed by atoms with Crippen LogP contribution in [0.3, 0.4) is 0 Å². The molecule has 0 fully saturated rings. The number of nitrogens with zero attached hydrogens (tertiary/aromatic N) is 1. The largest absolute Gasteiger partial charge is 0.503 e. The molecule has 8 heteroatoms. The second-order valence-corrected chi connectivity index (χ2v) is 8.52. The molecule has 1 aromatic heterocycles. The van der Waals surface area contributed by atoms with E-state index >= 15 is 0 Å². The summed E-state index contributed by atoms with van der Waals surface area (Å²) >= 11 is 0. The molecule has 4 aromatic rings. The number of ether oxygens (including phenoxy) is 2. The Labute approximate surface area is 212 Å². The molecule has 0 radical (unpaired) electrons. The van der Waals surface area contributed by atoms with Crippen LogP contribution in [0.2, 0.25) is 0 Å². The van der Waals surface area contributed by atoms with Crippen molar-refractivity contribution in [3.63, 3.8) is 0 Å². The third-order valence-corrected chi connectivity index (χ3v) is 6.34. The van der Waals surface area contributed by atoms with E-state index in [2.05, 4.69) is 0 Å². The summed E-state index contributed by atoms with van der Waals surface area (Å²) in [7, 11) is 2.78. The first-order chi connectivity index (χ1) is 17.9. The number of Topliss-reactive ketones (excluding diaryl/α,β-unsaturated/α-hetero) is 1. The van der Waals surface area contributed by atoms with Crippen molar-refractivity contribution in [1.29, 1.82) is 0 Å². The van der Waals surface area contributed by atoms with E-state index in [-0.39, 0.29) is 17.9 Å². The van der Waals surface area contributed by atoms with Crippen LogP contribution in [-0.2, 0) is 16.1 Å². The molecule has 37 heavy (non-hydrogen) atoms. The number of hydrogen-bond donors (Lipinski definition) is 1. The standard InChI is InChI=1S/C29H23NO7/c1-35-21-10-6-9-20-15-22(37-27(20)21)25(31)23-24(18-11-13-19(14-12-18)29(34)36-2)30(28(33)26(23)32)16-17-7-4-3-5-8-17/h3-15,24,32H,16H2,1-2H3. The average Bonchev–Trinajstić information content (AvgIpc) is 3.48. The molecule has 8 nitrogen and oxygen atoms in total. The lowest BCUT2D eigenvalue weighted by molar-refractivity contribution is -0.130.